The fraction of sp³-hybridized carbons (Fsp3) is 0.474. The number of nitrogens with one attached hydrogen (secondary N) is 2. The van der Waals surface area contributed by atoms with Crippen LogP contribution in [0.25, 0.3) is 5.69 Å². The molecule has 3 rings (SSSR count). The second-order valence-corrected chi connectivity index (χ2v) is 6.85. The van der Waals surface area contributed by atoms with Gasteiger partial charge in [0.15, 0.2) is 5.69 Å². The average molecular weight is 395 g/mol. The Bertz CT molecular complexity index is 795. The molecule has 1 aliphatic rings. The standard InChI is InChI=1S/C19H24F3N5O/c1-14-3-5-15(6-4-14)27-17(19(20,21)22)16(13-25-27)18(28)24-7-2-10-26-11-8-23-9-12-26/h3-6,13,23H,2,7-12H2,1H3,(H,24,28). The third-order valence-electron chi connectivity index (χ3n) is 4.71. The second-order valence-electron chi connectivity index (χ2n) is 6.85. The SMILES string of the molecule is Cc1ccc(-n2ncc(C(=O)NCCCN3CCNCC3)c2C(F)(F)F)cc1. The molecule has 6 nitrogen and oxygen atoms in total. The first-order valence-corrected chi connectivity index (χ1v) is 9.30. The quantitative estimate of drug-likeness (QED) is 0.737. The van der Waals surface area contributed by atoms with Gasteiger partial charge in [-0.15, -0.1) is 0 Å². The lowest BCUT2D eigenvalue weighted by Crippen LogP contribution is -2.44. The van der Waals surface area contributed by atoms with Crippen LogP contribution in [-0.2, 0) is 6.18 Å². The Morgan fingerprint density at radius 2 is 1.89 bits per heavy atom. The molecule has 0 spiro atoms. The predicted octanol–water partition coefficient (Wildman–Crippen LogP) is 2.22. The van der Waals surface area contributed by atoms with Gasteiger partial charge in [-0.1, -0.05) is 17.7 Å². The van der Waals surface area contributed by atoms with E-state index in [0.717, 1.165) is 49.2 Å². The van der Waals surface area contributed by atoms with Crippen LogP contribution < -0.4 is 10.6 Å². The van der Waals surface area contributed by atoms with Crippen molar-refractivity contribution >= 4 is 5.91 Å². The van der Waals surface area contributed by atoms with Gasteiger partial charge < -0.3 is 15.5 Å². The summed E-state index contributed by atoms with van der Waals surface area (Å²) in [6.07, 6.45) is -3.04. The number of hydrogen-bond acceptors (Lipinski definition) is 4. The molecule has 0 radical (unpaired) electrons. The predicted molar refractivity (Wildman–Crippen MR) is 99.6 cm³/mol. The number of amides is 1. The Morgan fingerprint density at radius 3 is 2.54 bits per heavy atom. The fourth-order valence-corrected chi connectivity index (χ4v) is 3.20. The lowest BCUT2D eigenvalue weighted by molar-refractivity contribution is -0.143. The van der Waals surface area contributed by atoms with Gasteiger partial charge in [0.25, 0.3) is 5.91 Å². The van der Waals surface area contributed by atoms with Crippen molar-refractivity contribution in [2.24, 2.45) is 0 Å². The molecule has 0 aliphatic carbocycles. The second kappa shape index (κ2) is 8.74. The summed E-state index contributed by atoms with van der Waals surface area (Å²) in [5, 5.41) is 9.67. The summed E-state index contributed by atoms with van der Waals surface area (Å²) in [5.74, 6) is -0.758. The first-order chi connectivity index (χ1) is 13.4. The third-order valence-corrected chi connectivity index (χ3v) is 4.71. The summed E-state index contributed by atoms with van der Waals surface area (Å²) in [4.78, 5) is 14.6. The fourth-order valence-electron chi connectivity index (χ4n) is 3.20. The molecule has 2 heterocycles. The van der Waals surface area contributed by atoms with Crippen LogP contribution in [0.4, 0.5) is 13.2 Å². The van der Waals surface area contributed by atoms with E-state index in [1.807, 2.05) is 6.92 Å². The van der Waals surface area contributed by atoms with Crippen molar-refractivity contribution in [2.75, 3.05) is 39.3 Å². The minimum absolute atomic E-state index is 0.260. The molecule has 0 saturated carbocycles. The van der Waals surface area contributed by atoms with Crippen LogP contribution >= 0.6 is 0 Å². The van der Waals surface area contributed by atoms with Gasteiger partial charge in [-0.3, -0.25) is 4.79 Å². The molecule has 1 aromatic carbocycles. The number of aryl methyl sites for hydroxylation is 1. The zero-order valence-electron chi connectivity index (χ0n) is 15.7. The molecule has 9 heteroatoms. The van der Waals surface area contributed by atoms with Crippen LogP contribution in [0.3, 0.4) is 0 Å². The summed E-state index contributed by atoms with van der Waals surface area (Å²) in [6.45, 7) is 6.70. The van der Waals surface area contributed by atoms with E-state index in [9.17, 15) is 18.0 Å². The number of carbonyl (C=O) groups is 1. The number of hydrogen-bond donors (Lipinski definition) is 2. The number of alkyl halides is 3. The smallest absolute Gasteiger partial charge is 0.352 e. The highest BCUT2D eigenvalue weighted by Gasteiger charge is 2.40. The Labute approximate surface area is 161 Å². The van der Waals surface area contributed by atoms with Crippen LogP contribution in [0.15, 0.2) is 30.5 Å². The topological polar surface area (TPSA) is 62.2 Å². The molecular formula is C19H24F3N5O. The molecule has 152 valence electrons. The zero-order chi connectivity index (χ0) is 20.1. The summed E-state index contributed by atoms with van der Waals surface area (Å²) in [5.41, 5.74) is -0.339. The molecule has 1 amide bonds. The Balaban J connectivity index is 1.68. The highest BCUT2D eigenvalue weighted by atomic mass is 19.4. The largest absolute Gasteiger partial charge is 0.434 e. The van der Waals surface area contributed by atoms with Crippen molar-refractivity contribution in [3.05, 3.63) is 47.3 Å². The summed E-state index contributed by atoms with van der Waals surface area (Å²) < 4.78 is 41.7. The number of halogens is 3. The Kier molecular flexibility index (Phi) is 6.35. The van der Waals surface area contributed by atoms with Crippen LogP contribution in [0.2, 0.25) is 0 Å². The molecule has 28 heavy (non-hydrogen) atoms. The molecule has 2 N–H and O–H groups in total. The first-order valence-electron chi connectivity index (χ1n) is 9.30. The van der Waals surface area contributed by atoms with Gasteiger partial charge in [-0.2, -0.15) is 18.3 Å². The molecule has 2 aromatic rings. The lowest BCUT2D eigenvalue weighted by atomic mass is 10.2. The Hall–Kier alpha value is -2.39. The summed E-state index contributed by atoms with van der Waals surface area (Å²) in [7, 11) is 0. The van der Waals surface area contributed by atoms with Crippen molar-refractivity contribution < 1.29 is 18.0 Å². The molecular weight excluding hydrogens is 371 g/mol. The van der Waals surface area contributed by atoms with E-state index in [-0.39, 0.29) is 5.69 Å². The van der Waals surface area contributed by atoms with Gasteiger partial charge in [-0.05, 0) is 32.0 Å². The normalized spacial score (nSPS) is 15.6. The van der Waals surface area contributed by atoms with Gasteiger partial charge in [0, 0.05) is 32.7 Å². The highest BCUT2D eigenvalue weighted by Crippen LogP contribution is 2.33. The average Bonchev–Trinajstić information content (AvgIpc) is 3.12. The number of nitrogens with zero attached hydrogens (tertiary/aromatic N) is 3. The van der Waals surface area contributed by atoms with Crippen LogP contribution in [0.5, 0.6) is 0 Å². The molecule has 1 aromatic heterocycles. The van der Waals surface area contributed by atoms with Gasteiger partial charge in [0.05, 0.1) is 17.4 Å². The van der Waals surface area contributed by atoms with E-state index in [0.29, 0.717) is 13.0 Å². The van der Waals surface area contributed by atoms with Crippen molar-refractivity contribution in [2.45, 2.75) is 19.5 Å². The van der Waals surface area contributed by atoms with E-state index < -0.39 is 23.3 Å². The van der Waals surface area contributed by atoms with E-state index in [1.54, 1.807) is 24.3 Å². The molecule has 0 bridgehead atoms. The first kappa shape index (κ1) is 20.3. The number of benzene rings is 1. The molecule has 1 saturated heterocycles. The van der Waals surface area contributed by atoms with Gasteiger partial charge >= 0.3 is 6.18 Å². The Morgan fingerprint density at radius 1 is 1.21 bits per heavy atom. The van der Waals surface area contributed by atoms with Gasteiger partial charge in [0.1, 0.15) is 0 Å². The van der Waals surface area contributed by atoms with Gasteiger partial charge in [-0.25, -0.2) is 4.68 Å². The van der Waals surface area contributed by atoms with E-state index in [4.69, 9.17) is 0 Å². The van der Waals surface area contributed by atoms with Crippen molar-refractivity contribution in [3.63, 3.8) is 0 Å². The maximum absolute atomic E-state index is 13.6. The van der Waals surface area contributed by atoms with Crippen molar-refractivity contribution in [3.8, 4) is 5.69 Å². The summed E-state index contributed by atoms with van der Waals surface area (Å²) in [6, 6.07) is 6.50. The van der Waals surface area contributed by atoms with Crippen LogP contribution in [0, 0.1) is 6.92 Å². The maximum Gasteiger partial charge on any atom is 0.434 e. The number of carbonyl (C=O) groups excluding carboxylic acids is 1. The van der Waals surface area contributed by atoms with Crippen LogP contribution in [-0.4, -0.2) is 59.9 Å². The summed E-state index contributed by atoms with van der Waals surface area (Å²) >= 11 is 0. The third kappa shape index (κ3) is 4.90. The van der Waals surface area contributed by atoms with Crippen molar-refractivity contribution in [1.29, 1.82) is 0 Å². The number of aromatic nitrogens is 2. The van der Waals surface area contributed by atoms with Gasteiger partial charge in [0.2, 0.25) is 0 Å². The minimum atomic E-state index is -4.70. The van der Waals surface area contributed by atoms with E-state index in [1.165, 1.54) is 0 Å². The molecule has 0 atom stereocenters. The van der Waals surface area contributed by atoms with Crippen LogP contribution in [0.1, 0.15) is 28.0 Å². The lowest BCUT2D eigenvalue weighted by Gasteiger charge is -2.27. The highest BCUT2D eigenvalue weighted by molar-refractivity contribution is 5.95. The zero-order valence-corrected chi connectivity index (χ0v) is 15.7. The van der Waals surface area contributed by atoms with E-state index >= 15 is 0 Å². The molecule has 0 unspecified atom stereocenters. The van der Waals surface area contributed by atoms with E-state index in [2.05, 4.69) is 20.6 Å². The monoisotopic (exact) mass is 395 g/mol. The molecule has 1 aliphatic heterocycles. The maximum atomic E-state index is 13.6. The minimum Gasteiger partial charge on any atom is -0.352 e. The molecule has 1 fully saturated rings. The van der Waals surface area contributed by atoms with Crippen molar-refractivity contribution in [1.82, 2.24) is 25.3 Å². The number of rotatable bonds is 6. The number of piperazine rings is 1.